The van der Waals surface area contributed by atoms with Crippen LogP contribution in [0.4, 0.5) is 5.69 Å². The van der Waals surface area contributed by atoms with Gasteiger partial charge in [-0.1, -0.05) is 18.2 Å². The predicted octanol–water partition coefficient (Wildman–Crippen LogP) is 3.36. The number of nitro groups is 1. The molecule has 0 saturated carbocycles. The van der Waals surface area contributed by atoms with Crippen molar-refractivity contribution >= 4 is 16.5 Å². The Morgan fingerprint density at radius 1 is 1.07 bits per heavy atom. The lowest BCUT2D eigenvalue weighted by atomic mass is 10.0. The normalized spacial score (nSPS) is 10.5. The van der Waals surface area contributed by atoms with E-state index in [2.05, 4.69) is 0 Å². The third-order valence-corrected chi connectivity index (χ3v) is 2.60. The van der Waals surface area contributed by atoms with Gasteiger partial charge in [-0.15, -0.1) is 0 Å². The maximum absolute atomic E-state index is 11.0. The Balaban J connectivity index is 2.96. The molecule has 0 N–H and O–H groups in total. The van der Waals surface area contributed by atoms with Crippen LogP contribution >= 0.6 is 0 Å². The monoisotopic (exact) mass is 201 g/mol. The summed E-state index contributed by atoms with van der Waals surface area (Å²) in [5, 5.41) is 12.6. The first-order chi connectivity index (χ1) is 7.11. The number of rotatable bonds is 1. The van der Waals surface area contributed by atoms with Crippen LogP contribution in [0, 0.1) is 24.0 Å². The van der Waals surface area contributed by atoms with Crippen molar-refractivity contribution in [2.75, 3.05) is 0 Å². The van der Waals surface area contributed by atoms with E-state index < -0.39 is 0 Å². The van der Waals surface area contributed by atoms with Gasteiger partial charge in [0.25, 0.3) is 5.69 Å². The van der Waals surface area contributed by atoms with E-state index >= 15 is 0 Å². The third-order valence-electron chi connectivity index (χ3n) is 2.60. The van der Waals surface area contributed by atoms with Gasteiger partial charge in [0.1, 0.15) is 0 Å². The molecule has 76 valence electrons. The van der Waals surface area contributed by atoms with Gasteiger partial charge in [-0.25, -0.2) is 0 Å². The molecular weight excluding hydrogens is 190 g/mol. The molecule has 2 rings (SSSR count). The second kappa shape index (κ2) is 3.35. The molecular formula is C12H11NO2. The Morgan fingerprint density at radius 2 is 1.67 bits per heavy atom. The van der Waals surface area contributed by atoms with Gasteiger partial charge >= 0.3 is 0 Å². The van der Waals surface area contributed by atoms with Crippen LogP contribution in [0.5, 0.6) is 0 Å². The molecule has 0 radical (unpaired) electrons. The Morgan fingerprint density at radius 3 is 2.27 bits per heavy atom. The Kier molecular flexibility index (Phi) is 2.15. The van der Waals surface area contributed by atoms with Gasteiger partial charge in [0.2, 0.25) is 0 Å². The summed E-state index contributed by atoms with van der Waals surface area (Å²) in [7, 11) is 0. The second-order valence-electron chi connectivity index (χ2n) is 3.66. The minimum absolute atomic E-state index is 0.219. The summed E-state index contributed by atoms with van der Waals surface area (Å²) in [5.41, 5.74) is 2.01. The lowest BCUT2D eigenvalue weighted by Gasteiger charge is -2.05. The number of nitro benzene ring substituents is 1. The zero-order chi connectivity index (χ0) is 11.0. The van der Waals surface area contributed by atoms with Gasteiger partial charge in [0.05, 0.1) is 10.3 Å². The molecule has 0 spiro atoms. The summed E-state index contributed by atoms with van der Waals surface area (Å²) in [6, 6.07) is 9.30. The maximum Gasteiger partial charge on any atom is 0.280 e. The number of benzene rings is 2. The molecule has 0 atom stereocenters. The summed E-state index contributed by atoms with van der Waals surface area (Å²) in [5.74, 6) is 0. The summed E-state index contributed by atoms with van der Waals surface area (Å²) >= 11 is 0. The van der Waals surface area contributed by atoms with Crippen LogP contribution in [0.1, 0.15) is 11.1 Å². The van der Waals surface area contributed by atoms with E-state index in [0.29, 0.717) is 0 Å². The van der Waals surface area contributed by atoms with Gasteiger partial charge < -0.3 is 0 Å². The van der Waals surface area contributed by atoms with E-state index in [1.54, 1.807) is 13.0 Å². The highest BCUT2D eigenvalue weighted by molar-refractivity contribution is 5.94. The lowest BCUT2D eigenvalue weighted by molar-refractivity contribution is -0.383. The fraction of sp³-hybridized carbons (Fsp3) is 0.167. The molecule has 0 aliphatic rings. The van der Waals surface area contributed by atoms with Crippen molar-refractivity contribution in [1.29, 1.82) is 0 Å². The molecule has 0 bridgehead atoms. The van der Waals surface area contributed by atoms with E-state index in [9.17, 15) is 10.1 Å². The highest BCUT2D eigenvalue weighted by atomic mass is 16.6. The van der Waals surface area contributed by atoms with Crippen LogP contribution < -0.4 is 0 Å². The zero-order valence-electron chi connectivity index (χ0n) is 8.65. The fourth-order valence-electron chi connectivity index (χ4n) is 1.96. The molecule has 15 heavy (non-hydrogen) atoms. The van der Waals surface area contributed by atoms with Crippen LogP contribution in [0.25, 0.3) is 10.8 Å². The van der Waals surface area contributed by atoms with Gasteiger partial charge in [-0.05, 0) is 36.9 Å². The smallest absolute Gasteiger partial charge is 0.258 e. The number of nitrogens with zero attached hydrogens (tertiary/aromatic N) is 1. The van der Waals surface area contributed by atoms with Gasteiger partial charge in [-0.3, -0.25) is 10.1 Å². The second-order valence-corrected chi connectivity index (χ2v) is 3.66. The van der Waals surface area contributed by atoms with Crippen LogP contribution in [-0.2, 0) is 0 Å². The van der Waals surface area contributed by atoms with Gasteiger partial charge in [0, 0.05) is 5.56 Å². The highest BCUT2D eigenvalue weighted by Crippen LogP contribution is 2.31. The SMILES string of the molecule is Cc1cc(C)c2ccccc2c1[N+](=O)[O-]. The maximum atomic E-state index is 11.0. The molecule has 2 aromatic rings. The minimum Gasteiger partial charge on any atom is -0.258 e. The van der Waals surface area contributed by atoms with E-state index in [0.717, 1.165) is 21.9 Å². The first-order valence-corrected chi connectivity index (χ1v) is 4.74. The van der Waals surface area contributed by atoms with Crippen LogP contribution in [0.3, 0.4) is 0 Å². The average molecular weight is 201 g/mol. The highest BCUT2D eigenvalue weighted by Gasteiger charge is 2.16. The zero-order valence-corrected chi connectivity index (χ0v) is 8.65. The van der Waals surface area contributed by atoms with Crippen molar-refractivity contribution < 1.29 is 4.92 Å². The first kappa shape index (κ1) is 9.65. The average Bonchev–Trinajstić information content (AvgIpc) is 2.17. The number of aryl methyl sites for hydroxylation is 2. The standard InChI is InChI=1S/C12H11NO2/c1-8-7-9(2)12(13(14)15)11-6-4-3-5-10(8)11/h3-7H,1-2H3. The fourth-order valence-corrected chi connectivity index (χ4v) is 1.96. The van der Waals surface area contributed by atoms with Crippen molar-refractivity contribution in [1.82, 2.24) is 0 Å². The Bertz CT molecular complexity index is 547. The molecule has 0 saturated heterocycles. The molecule has 2 aromatic carbocycles. The number of hydrogen-bond acceptors (Lipinski definition) is 2. The Labute approximate surface area is 87.5 Å². The predicted molar refractivity (Wildman–Crippen MR) is 60.1 cm³/mol. The van der Waals surface area contributed by atoms with Crippen molar-refractivity contribution in [3.63, 3.8) is 0 Å². The quantitative estimate of drug-likeness (QED) is 0.524. The summed E-state index contributed by atoms with van der Waals surface area (Å²) in [4.78, 5) is 10.6. The van der Waals surface area contributed by atoms with Gasteiger partial charge in [-0.2, -0.15) is 0 Å². The molecule has 0 amide bonds. The molecule has 0 unspecified atom stereocenters. The number of hydrogen-bond donors (Lipinski definition) is 0. The summed E-state index contributed by atoms with van der Waals surface area (Å²) < 4.78 is 0. The molecule has 3 heteroatoms. The van der Waals surface area contributed by atoms with Crippen molar-refractivity contribution in [2.24, 2.45) is 0 Å². The largest absolute Gasteiger partial charge is 0.280 e. The van der Waals surface area contributed by atoms with Crippen molar-refractivity contribution in [3.05, 3.63) is 51.6 Å². The summed E-state index contributed by atoms with van der Waals surface area (Å²) in [6.45, 7) is 3.75. The van der Waals surface area contributed by atoms with Crippen molar-refractivity contribution in [2.45, 2.75) is 13.8 Å². The van der Waals surface area contributed by atoms with Crippen LogP contribution in [-0.4, -0.2) is 4.92 Å². The topological polar surface area (TPSA) is 43.1 Å². The molecule has 3 nitrogen and oxygen atoms in total. The molecule has 0 aliphatic heterocycles. The molecule has 0 heterocycles. The summed E-state index contributed by atoms with van der Waals surface area (Å²) in [6.07, 6.45) is 0. The molecule has 0 fully saturated rings. The van der Waals surface area contributed by atoms with Crippen LogP contribution in [0.2, 0.25) is 0 Å². The minimum atomic E-state index is -0.308. The van der Waals surface area contributed by atoms with Gasteiger partial charge in [0.15, 0.2) is 0 Å². The molecule has 0 aliphatic carbocycles. The van der Waals surface area contributed by atoms with Crippen molar-refractivity contribution in [3.8, 4) is 0 Å². The molecule has 0 aromatic heterocycles. The number of fused-ring (bicyclic) bond motifs is 1. The third kappa shape index (κ3) is 1.46. The van der Waals surface area contributed by atoms with E-state index in [4.69, 9.17) is 0 Å². The lowest BCUT2D eigenvalue weighted by Crippen LogP contribution is -1.94. The van der Waals surface area contributed by atoms with Crippen LogP contribution in [0.15, 0.2) is 30.3 Å². The Hall–Kier alpha value is -1.90. The van der Waals surface area contributed by atoms with E-state index in [-0.39, 0.29) is 10.6 Å². The first-order valence-electron chi connectivity index (χ1n) is 4.74. The van der Waals surface area contributed by atoms with E-state index in [1.807, 2.05) is 31.2 Å². The van der Waals surface area contributed by atoms with E-state index in [1.165, 1.54) is 0 Å².